The molecule has 98 heavy (non-hydrogen) atoms. The van der Waals surface area contributed by atoms with Crippen LogP contribution in [0.4, 0.5) is 0 Å². The molecule has 0 fully saturated rings. The van der Waals surface area contributed by atoms with Gasteiger partial charge in [-0.3, -0.25) is 9.59 Å². The number of benzene rings is 4. The molecular weight excluding hydrogens is 1200 g/mol. The first-order chi connectivity index (χ1) is 48.5. The van der Waals surface area contributed by atoms with Crippen molar-refractivity contribution in [3.8, 4) is 23.0 Å². The molecule has 4 aromatic carbocycles. The molecule has 0 aromatic heterocycles. The maximum Gasteiger partial charge on any atom is 0.194 e. The van der Waals surface area contributed by atoms with Crippen LogP contribution in [0.2, 0.25) is 0 Å². The molecule has 0 amide bonds. The number of hydrogen-bond donors (Lipinski definition) is 0. The van der Waals surface area contributed by atoms with E-state index < -0.39 is 0 Å². The van der Waals surface area contributed by atoms with Crippen LogP contribution in [0, 0.1) is 0 Å². The van der Waals surface area contributed by atoms with Crippen LogP contribution in [-0.2, 0) is 0 Å². The molecule has 4 aromatic rings. The summed E-state index contributed by atoms with van der Waals surface area (Å²) in [5, 5.41) is 0. The van der Waals surface area contributed by atoms with Crippen molar-refractivity contribution in [3.05, 3.63) is 117 Å². The van der Waals surface area contributed by atoms with Crippen molar-refractivity contribution in [1.82, 2.24) is 0 Å². The van der Waals surface area contributed by atoms with E-state index in [1.165, 1.54) is 308 Å². The summed E-state index contributed by atoms with van der Waals surface area (Å²) in [5.41, 5.74) is 7.72. The lowest BCUT2D eigenvalue weighted by Gasteiger charge is -2.30. The Balaban J connectivity index is 1.16. The van der Waals surface area contributed by atoms with Crippen LogP contribution < -0.4 is 18.9 Å². The average Bonchev–Trinajstić information content (AvgIpc) is 0.718. The molecule has 2 aliphatic carbocycles. The van der Waals surface area contributed by atoms with Crippen molar-refractivity contribution in [2.75, 3.05) is 26.4 Å². The number of rotatable bonds is 64. The highest BCUT2D eigenvalue weighted by Gasteiger charge is 2.36. The quantitative estimate of drug-likeness (QED) is 0.0354. The zero-order valence-electron chi connectivity index (χ0n) is 63.8. The van der Waals surface area contributed by atoms with E-state index in [4.69, 9.17) is 18.9 Å². The fraction of sp³-hybridized carbons (Fsp3) is 0.696. The number of carbonyl (C=O) groups excluding carboxylic acids is 2. The van der Waals surface area contributed by atoms with Crippen LogP contribution in [0.15, 0.2) is 72.8 Å². The van der Waals surface area contributed by atoms with E-state index in [-0.39, 0.29) is 11.6 Å². The van der Waals surface area contributed by atoms with Gasteiger partial charge in [-0.2, -0.15) is 0 Å². The van der Waals surface area contributed by atoms with Crippen LogP contribution >= 0.6 is 0 Å². The topological polar surface area (TPSA) is 71.1 Å². The van der Waals surface area contributed by atoms with E-state index in [1.807, 2.05) is 48.5 Å². The Labute approximate surface area is 601 Å². The number of ketones is 2. The zero-order valence-corrected chi connectivity index (χ0v) is 63.8. The summed E-state index contributed by atoms with van der Waals surface area (Å²) in [4.78, 5) is 30.5. The molecule has 0 aliphatic heterocycles. The van der Waals surface area contributed by atoms with Crippen molar-refractivity contribution in [2.45, 2.75) is 387 Å². The minimum absolute atomic E-state index is 0.0324. The Morgan fingerprint density at radius 3 is 0.480 bits per heavy atom. The van der Waals surface area contributed by atoms with Crippen molar-refractivity contribution in [1.29, 1.82) is 0 Å². The standard InChI is InChI=1S/C92H144O6/c1-5-9-13-17-21-25-29-33-37-41-45-49-53-57-69-95-77-61-65-81-85(73-77)91(93)86-74-78(96-70-58-54-50-46-42-38-34-30-26-22-18-14-10-6-2)62-66-82(86)89(81)90-83-67-63-79(97-71-59-55-51-47-43-39-35-31-27-23-19-15-11-7-3)75-87(83)92(94)88-76-80(64-68-84(88)90)98-72-60-56-52-48-44-40-36-32-28-24-20-16-12-8-4/h61-68,73-76H,5-60,69-72H2,1-4H3. The lowest BCUT2D eigenvalue weighted by Crippen LogP contribution is -2.20. The van der Waals surface area contributed by atoms with E-state index in [9.17, 15) is 0 Å². The maximum absolute atomic E-state index is 15.2. The van der Waals surface area contributed by atoms with Crippen molar-refractivity contribution in [2.24, 2.45) is 0 Å². The lowest BCUT2D eigenvalue weighted by molar-refractivity contribution is 0.102. The van der Waals surface area contributed by atoms with Gasteiger partial charge in [-0.1, -0.05) is 362 Å². The molecule has 0 radical (unpaired) electrons. The highest BCUT2D eigenvalue weighted by atomic mass is 16.5. The Morgan fingerprint density at radius 1 is 0.184 bits per heavy atom. The minimum Gasteiger partial charge on any atom is -0.494 e. The molecule has 0 heterocycles. The van der Waals surface area contributed by atoms with Gasteiger partial charge in [-0.15, -0.1) is 0 Å². The molecule has 0 N–H and O–H groups in total. The van der Waals surface area contributed by atoms with E-state index in [1.54, 1.807) is 0 Å². The molecule has 0 bridgehead atoms. The van der Waals surface area contributed by atoms with E-state index >= 15 is 9.59 Å². The highest BCUT2D eigenvalue weighted by molar-refractivity contribution is 6.27. The molecule has 0 saturated heterocycles. The molecule has 6 nitrogen and oxygen atoms in total. The largest absolute Gasteiger partial charge is 0.494 e. The summed E-state index contributed by atoms with van der Waals surface area (Å²) in [5.74, 6) is 2.79. The second-order valence-electron chi connectivity index (χ2n) is 30.0. The molecule has 6 heteroatoms. The van der Waals surface area contributed by atoms with Gasteiger partial charge >= 0.3 is 0 Å². The second-order valence-corrected chi connectivity index (χ2v) is 30.0. The zero-order chi connectivity index (χ0) is 69.0. The van der Waals surface area contributed by atoms with E-state index in [0.717, 1.165) is 84.8 Å². The second kappa shape index (κ2) is 53.9. The van der Waals surface area contributed by atoms with Crippen LogP contribution in [0.1, 0.15) is 441 Å². The third-order valence-corrected chi connectivity index (χ3v) is 21.3. The highest BCUT2D eigenvalue weighted by Crippen LogP contribution is 2.49. The van der Waals surface area contributed by atoms with Gasteiger partial charge in [-0.25, -0.2) is 0 Å². The smallest absolute Gasteiger partial charge is 0.194 e. The third-order valence-electron chi connectivity index (χ3n) is 21.3. The Bertz CT molecular complexity index is 2390. The first-order valence-electron chi connectivity index (χ1n) is 42.4. The molecule has 6 rings (SSSR count). The predicted molar refractivity (Wildman–Crippen MR) is 421 cm³/mol. The van der Waals surface area contributed by atoms with Gasteiger partial charge in [0, 0.05) is 22.3 Å². The van der Waals surface area contributed by atoms with Crippen molar-refractivity contribution in [3.63, 3.8) is 0 Å². The first-order valence-corrected chi connectivity index (χ1v) is 42.4. The van der Waals surface area contributed by atoms with Gasteiger partial charge < -0.3 is 18.9 Å². The fourth-order valence-corrected chi connectivity index (χ4v) is 15.1. The number of unbranched alkanes of at least 4 members (excludes halogenated alkanes) is 52. The molecule has 0 saturated carbocycles. The Kier molecular flexibility index (Phi) is 45.2. The number of hydrogen-bond acceptors (Lipinski definition) is 6. The van der Waals surface area contributed by atoms with Crippen molar-refractivity contribution >= 4 is 22.7 Å². The molecule has 2 aliphatic rings. The maximum atomic E-state index is 15.2. The minimum atomic E-state index is -0.0324. The predicted octanol–water partition coefficient (Wildman–Crippen LogP) is 29.2. The first kappa shape index (κ1) is 82.1. The summed E-state index contributed by atoms with van der Waals surface area (Å²) in [7, 11) is 0. The van der Waals surface area contributed by atoms with E-state index in [0.29, 0.717) is 71.7 Å². The molecule has 0 atom stereocenters. The number of fused-ring (bicyclic) bond motifs is 4. The van der Waals surface area contributed by atoms with Crippen LogP contribution in [0.5, 0.6) is 23.0 Å². The summed E-state index contributed by atoms with van der Waals surface area (Å²) in [6.07, 6.45) is 73.4. The Hall–Kier alpha value is -4.84. The number of ether oxygens (including phenoxy) is 4. The fourth-order valence-electron chi connectivity index (χ4n) is 15.1. The third kappa shape index (κ3) is 32.4. The molecule has 548 valence electrons. The van der Waals surface area contributed by atoms with Crippen LogP contribution in [0.25, 0.3) is 11.1 Å². The van der Waals surface area contributed by atoms with Gasteiger partial charge in [0.05, 0.1) is 26.4 Å². The Morgan fingerprint density at radius 2 is 0.327 bits per heavy atom. The van der Waals surface area contributed by atoms with Crippen LogP contribution in [-0.4, -0.2) is 38.0 Å². The average molecular weight is 1350 g/mol. The van der Waals surface area contributed by atoms with Crippen molar-refractivity contribution < 1.29 is 28.5 Å². The summed E-state index contributed by atoms with van der Waals surface area (Å²) in [6.45, 7) is 11.6. The summed E-state index contributed by atoms with van der Waals surface area (Å²) < 4.78 is 26.1. The van der Waals surface area contributed by atoms with Gasteiger partial charge in [0.15, 0.2) is 11.6 Å². The normalized spacial score (nSPS) is 12.5. The molecule has 0 unspecified atom stereocenters. The summed E-state index contributed by atoms with van der Waals surface area (Å²) >= 11 is 0. The van der Waals surface area contributed by atoms with Gasteiger partial charge in [0.2, 0.25) is 0 Å². The summed E-state index contributed by atoms with van der Waals surface area (Å²) in [6, 6.07) is 24.5. The molecule has 0 spiro atoms. The monoisotopic (exact) mass is 1350 g/mol. The van der Waals surface area contributed by atoms with Gasteiger partial charge in [-0.05, 0) is 132 Å². The van der Waals surface area contributed by atoms with Gasteiger partial charge in [0.25, 0.3) is 0 Å². The lowest BCUT2D eigenvalue weighted by atomic mass is 9.72. The van der Waals surface area contributed by atoms with Gasteiger partial charge in [0.1, 0.15) is 23.0 Å². The van der Waals surface area contributed by atoms with Crippen LogP contribution in [0.3, 0.4) is 0 Å². The molecular formula is C92H144O6. The SMILES string of the molecule is CCCCCCCCCCCCCCCCOc1ccc2c(c1)C(=O)c1cc(OCCCCCCCCCCCCCCCC)ccc1C2=C1c2ccc(OCCCCCCCCCCCCCCCC)cc2C(=O)c2cc(OCCCCCCCCCCCCCCCC)ccc21. The number of carbonyl (C=O) groups is 2. The van der Waals surface area contributed by atoms with E-state index in [2.05, 4.69) is 52.0 Å².